The minimum Gasteiger partial charge on any atom is -0.274 e. The van der Waals surface area contributed by atoms with Gasteiger partial charge in [-0.25, -0.2) is 4.68 Å². The zero-order chi connectivity index (χ0) is 18.4. The fourth-order valence-corrected chi connectivity index (χ4v) is 4.02. The predicted octanol–water partition coefficient (Wildman–Crippen LogP) is 4.41. The molecule has 3 aromatic rings. The maximum atomic E-state index is 13.1. The highest BCUT2D eigenvalue weighted by Gasteiger charge is 2.44. The van der Waals surface area contributed by atoms with E-state index in [0.717, 1.165) is 24.8 Å². The first-order chi connectivity index (χ1) is 13.2. The smallest absolute Gasteiger partial charge is 0.233 e. The van der Waals surface area contributed by atoms with Gasteiger partial charge in [0, 0.05) is 10.9 Å². The van der Waals surface area contributed by atoms with Crippen molar-refractivity contribution in [1.82, 2.24) is 14.8 Å². The van der Waals surface area contributed by atoms with Crippen LogP contribution in [0.15, 0.2) is 60.9 Å². The van der Waals surface area contributed by atoms with E-state index in [1.54, 1.807) is 6.33 Å². The molecule has 1 amide bonds. The molecule has 0 spiro atoms. The van der Waals surface area contributed by atoms with E-state index in [2.05, 4.69) is 22.2 Å². The molecule has 27 heavy (non-hydrogen) atoms. The number of nitrogens with zero attached hydrogens (tertiary/aromatic N) is 4. The molecule has 2 atom stereocenters. The maximum absolute atomic E-state index is 13.1. The molecule has 6 heteroatoms. The van der Waals surface area contributed by atoms with Crippen LogP contribution in [0.1, 0.15) is 42.5 Å². The average Bonchev–Trinajstić information content (AvgIpc) is 3.44. The summed E-state index contributed by atoms with van der Waals surface area (Å²) in [5, 5.41) is 5.15. The highest BCUT2D eigenvalue weighted by molar-refractivity contribution is 6.30. The topological polar surface area (TPSA) is 51.0 Å². The van der Waals surface area contributed by atoms with Crippen molar-refractivity contribution in [3.8, 4) is 0 Å². The summed E-state index contributed by atoms with van der Waals surface area (Å²) in [4.78, 5) is 19.5. The molecule has 2 unspecified atom stereocenters. The van der Waals surface area contributed by atoms with Crippen molar-refractivity contribution in [3.05, 3.63) is 77.1 Å². The number of benzene rings is 2. The summed E-state index contributed by atoms with van der Waals surface area (Å²) in [6, 6.07) is 18.0. The van der Waals surface area contributed by atoms with Crippen LogP contribution in [0, 0.1) is 5.92 Å². The van der Waals surface area contributed by atoms with E-state index in [4.69, 9.17) is 11.6 Å². The SMILES string of the molecule is O=C(C1CC1)N1c2ncnn2C(c2ccccc2)CC1c1ccc(Cl)cc1. The third-order valence-electron chi connectivity index (χ3n) is 5.43. The number of aromatic nitrogens is 3. The fourth-order valence-electron chi connectivity index (χ4n) is 3.89. The van der Waals surface area contributed by atoms with Crippen LogP contribution in [-0.2, 0) is 4.79 Å². The summed E-state index contributed by atoms with van der Waals surface area (Å²) in [5.41, 5.74) is 2.24. The third kappa shape index (κ3) is 2.92. The molecule has 2 aromatic carbocycles. The normalized spacial score (nSPS) is 21.7. The zero-order valence-electron chi connectivity index (χ0n) is 14.7. The lowest BCUT2D eigenvalue weighted by Crippen LogP contribution is -2.43. The molecule has 1 aliphatic heterocycles. The summed E-state index contributed by atoms with van der Waals surface area (Å²) >= 11 is 6.09. The molecule has 5 nitrogen and oxygen atoms in total. The zero-order valence-corrected chi connectivity index (χ0v) is 15.5. The number of halogens is 1. The predicted molar refractivity (Wildman–Crippen MR) is 104 cm³/mol. The Labute approximate surface area is 162 Å². The number of carbonyl (C=O) groups is 1. The molecule has 5 rings (SSSR count). The molecule has 136 valence electrons. The van der Waals surface area contributed by atoms with Gasteiger partial charge in [0.15, 0.2) is 0 Å². The van der Waals surface area contributed by atoms with E-state index in [0.29, 0.717) is 11.0 Å². The van der Waals surface area contributed by atoms with E-state index in [1.807, 2.05) is 52.0 Å². The van der Waals surface area contributed by atoms with Crippen LogP contribution in [0.3, 0.4) is 0 Å². The Kier molecular flexibility index (Phi) is 3.97. The third-order valence-corrected chi connectivity index (χ3v) is 5.68. The lowest BCUT2D eigenvalue weighted by Gasteiger charge is -2.39. The summed E-state index contributed by atoms with van der Waals surface area (Å²) in [6.45, 7) is 0. The van der Waals surface area contributed by atoms with Gasteiger partial charge in [-0.1, -0.05) is 54.1 Å². The van der Waals surface area contributed by atoms with E-state index >= 15 is 0 Å². The first-order valence-electron chi connectivity index (χ1n) is 9.25. The number of amides is 1. The molecular weight excluding hydrogens is 360 g/mol. The highest BCUT2D eigenvalue weighted by atomic mass is 35.5. The second-order valence-corrected chi connectivity index (χ2v) is 7.65. The molecule has 0 N–H and O–H groups in total. The van der Waals surface area contributed by atoms with Crippen LogP contribution in [0.5, 0.6) is 0 Å². The molecule has 1 saturated carbocycles. The van der Waals surface area contributed by atoms with Crippen LogP contribution in [0.25, 0.3) is 0 Å². The van der Waals surface area contributed by atoms with Gasteiger partial charge >= 0.3 is 0 Å². The Morgan fingerprint density at radius 1 is 0.963 bits per heavy atom. The Bertz CT molecular complexity index is 965. The largest absolute Gasteiger partial charge is 0.274 e. The van der Waals surface area contributed by atoms with Gasteiger partial charge in [-0.3, -0.25) is 9.69 Å². The van der Waals surface area contributed by atoms with Gasteiger partial charge in [0.05, 0.1) is 12.1 Å². The fraction of sp³-hybridized carbons (Fsp3) is 0.286. The summed E-state index contributed by atoms with van der Waals surface area (Å²) in [5.74, 6) is 0.890. The molecular formula is C21H19ClN4O. The number of hydrogen-bond acceptors (Lipinski definition) is 3. The van der Waals surface area contributed by atoms with Gasteiger partial charge in [-0.15, -0.1) is 0 Å². The minimum absolute atomic E-state index is 0.0348. The Hall–Kier alpha value is -2.66. The van der Waals surface area contributed by atoms with Crippen molar-refractivity contribution in [2.75, 3.05) is 4.90 Å². The second kappa shape index (κ2) is 6.50. The quantitative estimate of drug-likeness (QED) is 0.678. The highest BCUT2D eigenvalue weighted by Crippen LogP contribution is 2.44. The Balaban J connectivity index is 1.63. The standard InChI is InChI=1S/C21H19ClN4O/c22-17-10-8-15(9-11-17)18-12-19(14-4-2-1-3-5-14)26-21(23-13-24-26)25(18)20(27)16-6-7-16/h1-5,8-11,13,16,18-19H,6-7,12H2. The van der Waals surface area contributed by atoms with Crippen LogP contribution in [-0.4, -0.2) is 20.7 Å². The van der Waals surface area contributed by atoms with Gasteiger partial charge in [0.25, 0.3) is 0 Å². The molecule has 2 aliphatic rings. The van der Waals surface area contributed by atoms with E-state index < -0.39 is 0 Å². The van der Waals surface area contributed by atoms with Gasteiger partial charge < -0.3 is 0 Å². The van der Waals surface area contributed by atoms with Gasteiger partial charge in [0.2, 0.25) is 11.9 Å². The lowest BCUT2D eigenvalue weighted by atomic mass is 9.91. The van der Waals surface area contributed by atoms with Gasteiger partial charge in [0.1, 0.15) is 6.33 Å². The van der Waals surface area contributed by atoms with Crippen LogP contribution >= 0.6 is 11.6 Å². The van der Waals surface area contributed by atoms with E-state index in [-0.39, 0.29) is 23.9 Å². The number of carbonyl (C=O) groups excluding carboxylic acids is 1. The summed E-state index contributed by atoms with van der Waals surface area (Å²) in [6.07, 6.45) is 4.21. The minimum atomic E-state index is -0.0859. The van der Waals surface area contributed by atoms with Crippen molar-refractivity contribution in [1.29, 1.82) is 0 Å². The van der Waals surface area contributed by atoms with Crippen molar-refractivity contribution in [2.45, 2.75) is 31.3 Å². The molecule has 1 aromatic heterocycles. The Morgan fingerprint density at radius 3 is 2.37 bits per heavy atom. The van der Waals surface area contributed by atoms with Crippen molar-refractivity contribution in [3.63, 3.8) is 0 Å². The monoisotopic (exact) mass is 378 g/mol. The molecule has 0 radical (unpaired) electrons. The van der Waals surface area contributed by atoms with E-state index in [1.165, 1.54) is 5.56 Å². The molecule has 0 saturated heterocycles. The second-order valence-electron chi connectivity index (χ2n) is 7.22. The van der Waals surface area contributed by atoms with Crippen molar-refractivity contribution in [2.24, 2.45) is 5.92 Å². The maximum Gasteiger partial charge on any atom is 0.233 e. The number of fused-ring (bicyclic) bond motifs is 1. The van der Waals surface area contributed by atoms with Crippen molar-refractivity contribution < 1.29 is 4.79 Å². The number of rotatable bonds is 3. The molecule has 1 fully saturated rings. The molecule has 2 heterocycles. The first kappa shape index (κ1) is 16.5. The summed E-state index contributed by atoms with van der Waals surface area (Å²) in [7, 11) is 0. The number of anilines is 1. The van der Waals surface area contributed by atoms with Gasteiger partial charge in [-0.2, -0.15) is 10.1 Å². The average molecular weight is 379 g/mol. The molecule has 0 bridgehead atoms. The Morgan fingerprint density at radius 2 is 1.67 bits per heavy atom. The molecule has 1 aliphatic carbocycles. The lowest BCUT2D eigenvalue weighted by molar-refractivity contribution is -0.120. The first-order valence-corrected chi connectivity index (χ1v) is 9.63. The van der Waals surface area contributed by atoms with Crippen LogP contribution < -0.4 is 4.90 Å². The summed E-state index contributed by atoms with van der Waals surface area (Å²) < 4.78 is 1.89. The van der Waals surface area contributed by atoms with Gasteiger partial charge in [-0.05, 0) is 42.5 Å². The van der Waals surface area contributed by atoms with Crippen LogP contribution in [0.2, 0.25) is 5.02 Å². The van der Waals surface area contributed by atoms with Crippen molar-refractivity contribution >= 4 is 23.5 Å². The van der Waals surface area contributed by atoms with E-state index in [9.17, 15) is 4.79 Å². The number of hydrogen-bond donors (Lipinski definition) is 0. The van der Waals surface area contributed by atoms with Crippen LogP contribution in [0.4, 0.5) is 5.95 Å².